The summed E-state index contributed by atoms with van der Waals surface area (Å²) in [6, 6.07) is 7.76. The van der Waals surface area contributed by atoms with Crippen molar-refractivity contribution in [1.29, 1.82) is 0 Å². The van der Waals surface area contributed by atoms with Gasteiger partial charge in [0.1, 0.15) is 4.99 Å². The summed E-state index contributed by atoms with van der Waals surface area (Å²) in [4.78, 5) is 10.7. The van der Waals surface area contributed by atoms with Gasteiger partial charge < -0.3 is 10.6 Å². The summed E-state index contributed by atoms with van der Waals surface area (Å²) in [5.74, 6) is 0. The van der Waals surface area contributed by atoms with Crippen molar-refractivity contribution in [1.82, 2.24) is 9.97 Å². The van der Waals surface area contributed by atoms with Crippen LogP contribution in [-0.4, -0.2) is 22.0 Å². The normalized spacial score (nSPS) is 10.1. The Morgan fingerprint density at radius 1 is 1.33 bits per heavy atom. The first-order chi connectivity index (χ1) is 8.66. The zero-order valence-electron chi connectivity index (χ0n) is 10.1. The van der Waals surface area contributed by atoms with Crippen molar-refractivity contribution < 1.29 is 0 Å². The number of thiocarbonyl (C=S) groups is 1. The molecular formula is C13H14N4S. The van der Waals surface area contributed by atoms with Crippen molar-refractivity contribution in [3.8, 4) is 0 Å². The van der Waals surface area contributed by atoms with Crippen LogP contribution < -0.4 is 10.6 Å². The van der Waals surface area contributed by atoms with Crippen molar-refractivity contribution in [2.75, 3.05) is 11.9 Å². The summed E-state index contributed by atoms with van der Waals surface area (Å²) in [7, 11) is 2.00. The number of aromatic nitrogens is 2. The topological polar surface area (TPSA) is 55.0 Å². The van der Waals surface area contributed by atoms with E-state index < -0.39 is 0 Å². The lowest BCUT2D eigenvalue weighted by Crippen LogP contribution is -2.17. The second-order valence-corrected chi connectivity index (χ2v) is 4.42. The lowest BCUT2D eigenvalue weighted by Gasteiger charge is -2.18. The van der Waals surface area contributed by atoms with Gasteiger partial charge in [-0.25, -0.2) is 0 Å². The van der Waals surface area contributed by atoms with Crippen LogP contribution in [0.3, 0.4) is 0 Å². The molecule has 5 heteroatoms. The number of anilines is 1. The molecule has 0 amide bonds. The monoisotopic (exact) mass is 258 g/mol. The molecule has 4 nitrogen and oxygen atoms in total. The first kappa shape index (κ1) is 12.4. The summed E-state index contributed by atoms with van der Waals surface area (Å²) in [6.07, 6.45) is 5.39. The Bertz CT molecular complexity index is 524. The van der Waals surface area contributed by atoms with Gasteiger partial charge in [0.15, 0.2) is 0 Å². The lowest BCUT2D eigenvalue weighted by atomic mass is 10.2. The van der Waals surface area contributed by atoms with E-state index in [9.17, 15) is 0 Å². The molecule has 0 aliphatic heterocycles. The van der Waals surface area contributed by atoms with Gasteiger partial charge in [0.05, 0.1) is 17.6 Å². The van der Waals surface area contributed by atoms with E-state index in [-0.39, 0.29) is 0 Å². The highest BCUT2D eigenvalue weighted by molar-refractivity contribution is 7.80. The summed E-state index contributed by atoms with van der Waals surface area (Å²) in [5.41, 5.74) is 8.32. The van der Waals surface area contributed by atoms with E-state index in [0.29, 0.717) is 10.7 Å². The largest absolute Gasteiger partial charge is 0.388 e. The van der Waals surface area contributed by atoms with E-state index in [1.54, 1.807) is 12.4 Å². The first-order valence-corrected chi connectivity index (χ1v) is 5.93. The Kier molecular flexibility index (Phi) is 3.84. The number of hydrogen-bond donors (Lipinski definition) is 1. The minimum atomic E-state index is 0.316. The van der Waals surface area contributed by atoms with Crippen LogP contribution in [0.2, 0.25) is 0 Å². The Hall–Kier alpha value is -2.01. The quantitative estimate of drug-likeness (QED) is 0.847. The van der Waals surface area contributed by atoms with Gasteiger partial charge in [-0.05, 0) is 23.8 Å². The van der Waals surface area contributed by atoms with Gasteiger partial charge in [0.2, 0.25) is 0 Å². The second-order valence-electron chi connectivity index (χ2n) is 3.98. The van der Waals surface area contributed by atoms with Crippen LogP contribution in [0.5, 0.6) is 0 Å². The van der Waals surface area contributed by atoms with Crippen LogP contribution in [0.25, 0.3) is 0 Å². The van der Waals surface area contributed by atoms with Gasteiger partial charge in [-0.1, -0.05) is 18.3 Å². The minimum Gasteiger partial charge on any atom is -0.388 e. The number of nitrogens with zero attached hydrogens (tertiary/aromatic N) is 3. The summed E-state index contributed by atoms with van der Waals surface area (Å²) >= 11 is 4.87. The number of rotatable bonds is 4. The molecule has 92 valence electrons. The number of nitrogens with two attached hydrogens (primary N) is 1. The molecule has 0 spiro atoms. The SMILES string of the molecule is CN(Cc1cccnc1)c1ccc(C(N)=S)nc1. The van der Waals surface area contributed by atoms with Crippen LogP contribution >= 0.6 is 12.2 Å². The van der Waals surface area contributed by atoms with Crippen LogP contribution in [0.1, 0.15) is 11.3 Å². The third-order valence-electron chi connectivity index (χ3n) is 2.58. The summed E-state index contributed by atoms with van der Waals surface area (Å²) < 4.78 is 0. The Morgan fingerprint density at radius 2 is 2.17 bits per heavy atom. The maximum Gasteiger partial charge on any atom is 0.122 e. The predicted octanol–water partition coefficient (Wildman–Crippen LogP) is 1.75. The van der Waals surface area contributed by atoms with E-state index in [2.05, 4.69) is 14.9 Å². The standard InChI is InChI=1S/C13H14N4S/c1-17(9-10-3-2-6-15-7-10)11-4-5-12(13(14)18)16-8-11/h2-8H,9H2,1H3,(H2,14,18). The van der Waals surface area contributed by atoms with E-state index in [0.717, 1.165) is 17.8 Å². The van der Waals surface area contributed by atoms with Crippen molar-refractivity contribution in [2.45, 2.75) is 6.54 Å². The first-order valence-electron chi connectivity index (χ1n) is 5.52. The van der Waals surface area contributed by atoms with Gasteiger partial charge >= 0.3 is 0 Å². The van der Waals surface area contributed by atoms with Gasteiger partial charge in [-0.15, -0.1) is 0 Å². The zero-order chi connectivity index (χ0) is 13.0. The van der Waals surface area contributed by atoms with Crippen LogP contribution in [0, 0.1) is 0 Å². The average molecular weight is 258 g/mol. The van der Waals surface area contributed by atoms with Gasteiger partial charge in [0, 0.05) is 26.0 Å². The zero-order valence-corrected chi connectivity index (χ0v) is 10.9. The fourth-order valence-electron chi connectivity index (χ4n) is 1.61. The highest BCUT2D eigenvalue weighted by Gasteiger charge is 2.04. The fourth-order valence-corrected chi connectivity index (χ4v) is 1.74. The molecule has 2 aromatic rings. The molecule has 0 saturated heterocycles. The average Bonchev–Trinajstić information content (AvgIpc) is 2.40. The van der Waals surface area contributed by atoms with Crippen LogP contribution in [0.15, 0.2) is 42.9 Å². The Balaban J connectivity index is 2.09. The fraction of sp³-hybridized carbons (Fsp3) is 0.154. The highest BCUT2D eigenvalue weighted by Crippen LogP contribution is 2.14. The van der Waals surface area contributed by atoms with Crippen LogP contribution in [0.4, 0.5) is 5.69 Å². The molecule has 0 radical (unpaired) electrons. The molecule has 18 heavy (non-hydrogen) atoms. The minimum absolute atomic E-state index is 0.316. The molecule has 2 heterocycles. The van der Waals surface area contributed by atoms with Crippen molar-refractivity contribution in [3.05, 3.63) is 54.1 Å². The second kappa shape index (κ2) is 5.55. The molecule has 0 saturated carbocycles. The third kappa shape index (κ3) is 3.01. The number of pyridine rings is 2. The highest BCUT2D eigenvalue weighted by atomic mass is 32.1. The van der Waals surface area contributed by atoms with E-state index in [1.165, 1.54) is 0 Å². The van der Waals surface area contributed by atoms with E-state index >= 15 is 0 Å². The summed E-state index contributed by atoms with van der Waals surface area (Å²) in [6.45, 7) is 0.780. The molecule has 0 atom stereocenters. The maximum absolute atomic E-state index is 5.51. The third-order valence-corrected chi connectivity index (χ3v) is 2.79. The molecule has 2 N–H and O–H groups in total. The molecular weight excluding hydrogens is 244 g/mol. The maximum atomic E-state index is 5.51. The van der Waals surface area contributed by atoms with Crippen molar-refractivity contribution in [2.24, 2.45) is 5.73 Å². The lowest BCUT2D eigenvalue weighted by molar-refractivity contribution is 0.910. The van der Waals surface area contributed by atoms with Crippen LogP contribution in [-0.2, 0) is 6.54 Å². The van der Waals surface area contributed by atoms with Gasteiger partial charge in [-0.2, -0.15) is 0 Å². The molecule has 0 fully saturated rings. The number of hydrogen-bond acceptors (Lipinski definition) is 4. The van der Waals surface area contributed by atoms with Gasteiger partial charge in [-0.3, -0.25) is 9.97 Å². The molecule has 0 aliphatic rings. The summed E-state index contributed by atoms with van der Waals surface area (Å²) in [5, 5.41) is 0. The molecule has 0 bridgehead atoms. The Morgan fingerprint density at radius 3 is 2.72 bits per heavy atom. The van der Waals surface area contributed by atoms with Crippen molar-refractivity contribution in [3.63, 3.8) is 0 Å². The molecule has 0 aliphatic carbocycles. The van der Waals surface area contributed by atoms with E-state index in [4.69, 9.17) is 18.0 Å². The molecule has 2 rings (SSSR count). The molecule has 2 aromatic heterocycles. The molecule has 0 aromatic carbocycles. The van der Waals surface area contributed by atoms with Crippen molar-refractivity contribution >= 4 is 22.9 Å². The van der Waals surface area contributed by atoms with E-state index in [1.807, 2.05) is 37.5 Å². The molecule has 0 unspecified atom stereocenters. The smallest absolute Gasteiger partial charge is 0.122 e. The predicted molar refractivity (Wildman–Crippen MR) is 76.5 cm³/mol. The Labute approximate surface area is 111 Å². The van der Waals surface area contributed by atoms with Gasteiger partial charge in [0.25, 0.3) is 0 Å².